The van der Waals surface area contributed by atoms with Crippen LogP contribution < -0.4 is 5.32 Å². The monoisotopic (exact) mass is 224 g/mol. The minimum atomic E-state index is -0.528. The second-order valence-corrected chi connectivity index (χ2v) is 4.55. The van der Waals surface area contributed by atoms with Gasteiger partial charge in [-0.1, -0.05) is 26.7 Å². The second-order valence-electron chi connectivity index (χ2n) is 4.55. The van der Waals surface area contributed by atoms with Crippen LogP contribution in [0.15, 0.2) is 18.5 Å². The molecular formula is C13H24N2O. The van der Waals surface area contributed by atoms with Gasteiger partial charge in [-0.05, 0) is 24.5 Å². The zero-order valence-corrected chi connectivity index (χ0v) is 10.4. The van der Waals surface area contributed by atoms with Crippen molar-refractivity contribution in [3.63, 3.8) is 0 Å². The predicted octanol–water partition coefficient (Wildman–Crippen LogP) is 2.44. The van der Waals surface area contributed by atoms with Crippen LogP contribution in [0.3, 0.4) is 0 Å². The molecule has 0 aliphatic carbocycles. The second kappa shape index (κ2) is 6.71. The molecule has 0 radical (unpaired) electrons. The molecule has 0 amide bonds. The summed E-state index contributed by atoms with van der Waals surface area (Å²) in [6.45, 7) is 5.73. The van der Waals surface area contributed by atoms with E-state index < -0.39 is 5.60 Å². The summed E-state index contributed by atoms with van der Waals surface area (Å²) in [5, 5.41) is 13.7. The maximum atomic E-state index is 10.4. The van der Waals surface area contributed by atoms with Crippen molar-refractivity contribution in [3.8, 4) is 0 Å². The largest absolute Gasteiger partial charge is 0.389 e. The van der Waals surface area contributed by atoms with Gasteiger partial charge in [0.05, 0.1) is 5.60 Å². The summed E-state index contributed by atoms with van der Waals surface area (Å²) in [4.78, 5) is 3.03. The van der Waals surface area contributed by atoms with E-state index in [0.29, 0.717) is 6.54 Å². The summed E-state index contributed by atoms with van der Waals surface area (Å²) >= 11 is 0. The number of hydrogen-bond donors (Lipinski definition) is 3. The van der Waals surface area contributed by atoms with E-state index in [9.17, 15) is 5.11 Å². The third kappa shape index (κ3) is 4.37. The maximum Gasteiger partial charge on any atom is 0.0771 e. The Kier molecular flexibility index (Phi) is 5.56. The summed E-state index contributed by atoms with van der Waals surface area (Å²) in [6, 6.07) is 2.05. The van der Waals surface area contributed by atoms with E-state index in [1.54, 1.807) is 0 Å². The molecule has 1 aromatic rings. The highest BCUT2D eigenvalue weighted by Crippen LogP contribution is 2.18. The van der Waals surface area contributed by atoms with Crippen LogP contribution in [0.1, 0.15) is 45.1 Å². The zero-order chi connectivity index (χ0) is 11.9. The van der Waals surface area contributed by atoms with Crippen LogP contribution in [0.5, 0.6) is 0 Å². The number of nitrogens with one attached hydrogen (secondary N) is 2. The first-order chi connectivity index (χ1) is 7.70. The minimum absolute atomic E-state index is 0.528. The number of rotatable bonds is 8. The lowest BCUT2D eigenvalue weighted by Crippen LogP contribution is -2.40. The smallest absolute Gasteiger partial charge is 0.0771 e. The van der Waals surface area contributed by atoms with Crippen molar-refractivity contribution in [2.24, 2.45) is 0 Å². The van der Waals surface area contributed by atoms with E-state index in [2.05, 4.69) is 24.1 Å². The van der Waals surface area contributed by atoms with Crippen LogP contribution in [-0.4, -0.2) is 22.2 Å². The van der Waals surface area contributed by atoms with Crippen LogP contribution in [0, 0.1) is 0 Å². The fraction of sp³-hybridized carbons (Fsp3) is 0.692. The molecule has 3 N–H and O–H groups in total. The molecule has 0 aliphatic rings. The predicted molar refractivity (Wildman–Crippen MR) is 67.3 cm³/mol. The Hall–Kier alpha value is -0.800. The molecule has 0 aliphatic heterocycles. The fourth-order valence-electron chi connectivity index (χ4n) is 2.14. The molecule has 16 heavy (non-hydrogen) atoms. The molecule has 3 nitrogen and oxygen atoms in total. The number of aromatic amines is 1. The standard InChI is InChI=1S/C13H24N2O/c1-3-6-13(16,7-4-2)11-15-10-12-5-8-14-9-12/h5,8-9,14-16H,3-4,6-7,10-11H2,1-2H3. The quantitative estimate of drug-likeness (QED) is 0.635. The Morgan fingerprint density at radius 3 is 2.50 bits per heavy atom. The van der Waals surface area contributed by atoms with Gasteiger partial charge >= 0.3 is 0 Å². The Morgan fingerprint density at radius 1 is 1.31 bits per heavy atom. The topological polar surface area (TPSA) is 48.0 Å². The van der Waals surface area contributed by atoms with Gasteiger partial charge in [-0.15, -0.1) is 0 Å². The van der Waals surface area contributed by atoms with Crippen LogP contribution >= 0.6 is 0 Å². The normalized spacial score (nSPS) is 11.9. The summed E-state index contributed by atoms with van der Waals surface area (Å²) in [5.41, 5.74) is 0.704. The molecule has 0 aromatic carbocycles. The van der Waals surface area contributed by atoms with Gasteiger partial charge in [-0.2, -0.15) is 0 Å². The number of aliphatic hydroxyl groups is 1. The van der Waals surface area contributed by atoms with Gasteiger partial charge in [-0.3, -0.25) is 0 Å². The number of H-pyrrole nitrogens is 1. The Balaban J connectivity index is 2.32. The van der Waals surface area contributed by atoms with Gasteiger partial charge in [0.2, 0.25) is 0 Å². The number of hydrogen-bond acceptors (Lipinski definition) is 2. The van der Waals surface area contributed by atoms with E-state index in [0.717, 1.165) is 32.2 Å². The van der Waals surface area contributed by atoms with Crippen molar-refractivity contribution in [1.82, 2.24) is 10.3 Å². The zero-order valence-electron chi connectivity index (χ0n) is 10.4. The van der Waals surface area contributed by atoms with Crippen molar-refractivity contribution >= 4 is 0 Å². The van der Waals surface area contributed by atoms with E-state index in [1.807, 2.05) is 18.5 Å². The van der Waals surface area contributed by atoms with Crippen molar-refractivity contribution in [3.05, 3.63) is 24.0 Å². The summed E-state index contributed by atoms with van der Waals surface area (Å²) in [7, 11) is 0. The first-order valence-electron chi connectivity index (χ1n) is 6.25. The van der Waals surface area contributed by atoms with Gasteiger partial charge in [-0.25, -0.2) is 0 Å². The summed E-state index contributed by atoms with van der Waals surface area (Å²) in [5.74, 6) is 0. The van der Waals surface area contributed by atoms with Crippen LogP contribution in [0.2, 0.25) is 0 Å². The van der Waals surface area contributed by atoms with Crippen molar-refractivity contribution in [2.45, 2.75) is 51.7 Å². The van der Waals surface area contributed by atoms with E-state index in [1.165, 1.54) is 5.56 Å². The van der Waals surface area contributed by atoms with Crippen LogP contribution in [-0.2, 0) is 6.54 Å². The molecule has 0 atom stereocenters. The molecule has 0 saturated carbocycles. The van der Waals surface area contributed by atoms with Crippen molar-refractivity contribution < 1.29 is 5.11 Å². The van der Waals surface area contributed by atoms with E-state index in [-0.39, 0.29) is 0 Å². The first-order valence-corrected chi connectivity index (χ1v) is 6.25. The van der Waals surface area contributed by atoms with Crippen LogP contribution in [0.4, 0.5) is 0 Å². The molecule has 1 heterocycles. The third-order valence-electron chi connectivity index (χ3n) is 2.88. The first kappa shape index (κ1) is 13.3. The highest BCUT2D eigenvalue weighted by atomic mass is 16.3. The molecule has 1 aromatic heterocycles. The van der Waals surface area contributed by atoms with Crippen molar-refractivity contribution in [1.29, 1.82) is 0 Å². The molecule has 1 rings (SSSR count). The van der Waals surface area contributed by atoms with Crippen LogP contribution in [0.25, 0.3) is 0 Å². The molecule has 0 spiro atoms. The lowest BCUT2D eigenvalue weighted by atomic mass is 9.92. The maximum absolute atomic E-state index is 10.4. The molecule has 0 unspecified atom stereocenters. The van der Waals surface area contributed by atoms with Gasteiger partial charge in [0, 0.05) is 25.5 Å². The minimum Gasteiger partial charge on any atom is -0.389 e. The molecule has 0 saturated heterocycles. The van der Waals surface area contributed by atoms with Gasteiger partial charge in [0.25, 0.3) is 0 Å². The van der Waals surface area contributed by atoms with Crippen molar-refractivity contribution in [2.75, 3.05) is 6.54 Å². The SMILES string of the molecule is CCCC(O)(CCC)CNCc1cc[nH]c1. The van der Waals surface area contributed by atoms with Gasteiger partial charge in [0.15, 0.2) is 0 Å². The molecular weight excluding hydrogens is 200 g/mol. The van der Waals surface area contributed by atoms with E-state index in [4.69, 9.17) is 0 Å². The molecule has 0 fully saturated rings. The van der Waals surface area contributed by atoms with E-state index >= 15 is 0 Å². The average molecular weight is 224 g/mol. The summed E-state index contributed by atoms with van der Waals surface area (Å²) < 4.78 is 0. The molecule has 92 valence electrons. The highest BCUT2D eigenvalue weighted by molar-refractivity contribution is 5.07. The highest BCUT2D eigenvalue weighted by Gasteiger charge is 2.23. The number of aromatic nitrogens is 1. The third-order valence-corrected chi connectivity index (χ3v) is 2.88. The fourth-order valence-corrected chi connectivity index (χ4v) is 2.14. The average Bonchev–Trinajstić information content (AvgIpc) is 2.71. The summed E-state index contributed by atoms with van der Waals surface area (Å²) in [6.07, 6.45) is 7.71. The van der Waals surface area contributed by atoms with Gasteiger partial charge in [0.1, 0.15) is 0 Å². The lowest BCUT2D eigenvalue weighted by molar-refractivity contribution is 0.0215. The van der Waals surface area contributed by atoms with Gasteiger partial charge < -0.3 is 15.4 Å². The Morgan fingerprint density at radius 2 is 2.00 bits per heavy atom. The lowest BCUT2D eigenvalue weighted by Gasteiger charge is -2.27. The molecule has 0 bridgehead atoms. The molecule has 3 heteroatoms. The Labute approximate surface area is 98.3 Å². The Bertz CT molecular complexity index is 263.